The van der Waals surface area contributed by atoms with Gasteiger partial charge in [-0.3, -0.25) is 4.79 Å². The van der Waals surface area contributed by atoms with Gasteiger partial charge in [0, 0.05) is 6.07 Å². The van der Waals surface area contributed by atoms with Gasteiger partial charge in [-0.1, -0.05) is 12.1 Å². The van der Waals surface area contributed by atoms with Crippen LogP contribution in [0.2, 0.25) is 0 Å². The first-order valence-corrected chi connectivity index (χ1v) is 5.86. The highest BCUT2D eigenvalue weighted by atomic mass is 16.5. The van der Waals surface area contributed by atoms with Crippen molar-refractivity contribution in [1.82, 2.24) is 0 Å². The quantitative estimate of drug-likeness (QED) is 0.927. The topological polar surface area (TPSA) is 68.9 Å². The van der Waals surface area contributed by atoms with E-state index >= 15 is 0 Å². The Hall–Kier alpha value is -2.69. The first-order valence-electron chi connectivity index (χ1n) is 5.86. The Kier molecular flexibility index (Phi) is 4.10. The predicted molar refractivity (Wildman–Crippen MR) is 75.1 cm³/mol. The molecule has 0 aliphatic rings. The van der Waals surface area contributed by atoms with Crippen LogP contribution in [0, 0.1) is 0 Å². The van der Waals surface area contributed by atoms with Crippen LogP contribution >= 0.6 is 0 Å². The maximum atomic E-state index is 11.3. The lowest BCUT2D eigenvalue weighted by Crippen LogP contribution is -1.97. The van der Waals surface area contributed by atoms with E-state index in [0.29, 0.717) is 17.3 Å². The van der Waals surface area contributed by atoms with Crippen molar-refractivity contribution in [2.75, 3.05) is 14.2 Å². The number of methoxy groups -OCH3 is 2. The first-order chi connectivity index (χ1) is 9.63. The lowest BCUT2D eigenvalue weighted by atomic mass is 10.1. The zero-order valence-corrected chi connectivity index (χ0v) is 11.1. The zero-order chi connectivity index (χ0) is 14.5. The molecule has 0 bridgehead atoms. The minimum Gasteiger partial charge on any atom is -0.502 e. The number of rotatable bonds is 4. The van der Waals surface area contributed by atoms with E-state index in [1.54, 1.807) is 38.5 Å². The molecular formula is C15H14O5. The summed E-state index contributed by atoms with van der Waals surface area (Å²) in [6.07, 6.45) is 4.40. The average molecular weight is 274 g/mol. The van der Waals surface area contributed by atoms with Crippen molar-refractivity contribution < 1.29 is 19.0 Å². The molecule has 1 heterocycles. The molecule has 1 aromatic carbocycles. The summed E-state index contributed by atoms with van der Waals surface area (Å²) in [5, 5.41) is 9.09. The van der Waals surface area contributed by atoms with Crippen LogP contribution in [-0.2, 0) is 0 Å². The molecule has 104 valence electrons. The van der Waals surface area contributed by atoms with Crippen molar-refractivity contribution in [3.63, 3.8) is 0 Å². The van der Waals surface area contributed by atoms with Crippen LogP contribution in [0.25, 0.3) is 12.2 Å². The standard InChI is InChI=1S/C15H14O5/c1-18-14-6-4-10(7-15(14)19-2)3-5-11-8-12(16)13(17)9-20-11/h3-9,17H,1-2H3. The Bertz CT molecular complexity index is 685. The molecule has 0 saturated carbocycles. The summed E-state index contributed by atoms with van der Waals surface area (Å²) in [4.78, 5) is 11.3. The molecule has 0 saturated heterocycles. The molecule has 0 radical (unpaired) electrons. The minimum absolute atomic E-state index is 0.350. The highest BCUT2D eigenvalue weighted by molar-refractivity contribution is 5.69. The lowest BCUT2D eigenvalue weighted by molar-refractivity contribution is 0.355. The van der Waals surface area contributed by atoms with Gasteiger partial charge in [0.1, 0.15) is 12.0 Å². The second-order valence-corrected chi connectivity index (χ2v) is 3.98. The molecule has 5 heteroatoms. The molecule has 0 amide bonds. The highest BCUT2D eigenvalue weighted by Crippen LogP contribution is 2.28. The molecule has 0 atom stereocenters. The minimum atomic E-state index is -0.483. The molecule has 5 nitrogen and oxygen atoms in total. The van der Waals surface area contributed by atoms with E-state index in [1.807, 2.05) is 6.07 Å². The maximum absolute atomic E-state index is 11.3. The maximum Gasteiger partial charge on any atom is 0.227 e. The van der Waals surface area contributed by atoms with Gasteiger partial charge in [-0.2, -0.15) is 0 Å². The number of aromatic hydroxyl groups is 1. The average Bonchev–Trinajstić information content (AvgIpc) is 2.48. The molecule has 2 rings (SSSR count). The van der Waals surface area contributed by atoms with Crippen molar-refractivity contribution in [2.24, 2.45) is 0 Å². The molecule has 0 spiro atoms. The third kappa shape index (κ3) is 3.00. The fourth-order valence-corrected chi connectivity index (χ4v) is 1.64. The number of ether oxygens (including phenoxy) is 2. The van der Waals surface area contributed by atoms with Gasteiger partial charge in [-0.25, -0.2) is 0 Å². The van der Waals surface area contributed by atoms with Gasteiger partial charge in [0.2, 0.25) is 5.43 Å². The summed E-state index contributed by atoms with van der Waals surface area (Å²) in [5.41, 5.74) is 0.376. The lowest BCUT2D eigenvalue weighted by Gasteiger charge is -2.07. The number of benzene rings is 1. The van der Waals surface area contributed by atoms with Crippen molar-refractivity contribution in [3.8, 4) is 17.2 Å². The van der Waals surface area contributed by atoms with Crippen molar-refractivity contribution >= 4 is 12.2 Å². The Morgan fingerprint density at radius 2 is 1.85 bits per heavy atom. The van der Waals surface area contributed by atoms with Gasteiger partial charge in [0.15, 0.2) is 17.2 Å². The Morgan fingerprint density at radius 1 is 1.10 bits per heavy atom. The monoisotopic (exact) mass is 274 g/mol. The molecule has 0 aliphatic carbocycles. The summed E-state index contributed by atoms with van der Waals surface area (Å²) >= 11 is 0. The van der Waals surface area contributed by atoms with Crippen LogP contribution < -0.4 is 14.9 Å². The van der Waals surface area contributed by atoms with Gasteiger partial charge in [0.25, 0.3) is 0 Å². The van der Waals surface area contributed by atoms with Gasteiger partial charge < -0.3 is 19.0 Å². The fraction of sp³-hybridized carbons (Fsp3) is 0.133. The predicted octanol–water partition coefficient (Wildman–Crippen LogP) is 2.53. The molecule has 0 fully saturated rings. The Morgan fingerprint density at radius 3 is 2.50 bits per heavy atom. The molecule has 1 aromatic heterocycles. The third-order valence-electron chi connectivity index (χ3n) is 2.68. The van der Waals surface area contributed by atoms with Gasteiger partial charge >= 0.3 is 0 Å². The summed E-state index contributed by atoms with van der Waals surface area (Å²) in [5.74, 6) is 1.19. The molecule has 0 unspecified atom stereocenters. The Balaban J connectivity index is 2.26. The largest absolute Gasteiger partial charge is 0.502 e. The van der Waals surface area contributed by atoms with Crippen LogP contribution in [0.15, 0.2) is 39.7 Å². The van der Waals surface area contributed by atoms with Crippen LogP contribution in [0.1, 0.15) is 11.3 Å². The van der Waals surface area contributed by atoms with E-state index in [2.05, 4.69) is 0 Å². The fourth-order valence-electron chi connectivity index (χ4n) is 1.64. The normalized spacial score (nSPS) is 10.7. The molecule has 1 N–H and O–H groups in total. The molecule has 2 aromatic rings. The van der Waals surface area contributed by atoms with Gasteiger partial charge in [-0.05, 0) is 23.8 Å². The van der Waals surface area contributed by atoms with Crippen molar-refractivity contribution in [2.45, 2.75) is 0 Å². The van der Waals surface area contributed by atoms with E-state index < -0.39 is 11.2 Å². The molecule has 0 aliphatic heterocycles. The van der Waals surface area contributed by atoms with Crippen molar-refractivity contribution in [3.05, 3.63) is 52.1 Å². The SMILES string of the molecule is COc1ccc(C=Cc2cc(=O)c(O)co2)cc1OC. The van der Waals surface area contributed by atoms with Gasteiger partial charge in [-0.15, -0.1) is 0 Å². The number of hydrogen-bond donors (Lipinski definition) is 1. The summed E-state index contributed by atoms with van der Waals surface area (Å²) in [6.45, 7) is 0. The van der Waals surface area contributed by atoms with E-state index in [4.69, 9.17) is 19.0 Å². The smallest absolute Gasteiger partial charge is 0.227 e. The van der Waals surface area contributed by atoms with Crippen LogP contribution in [0.4, 0.5) is 0 Å². The van der Waals surface area contributed by atoms with E-state index in [1.165, 1.54) is 6.07 Å². The summed E-state index contributed by atoms with van der Waals surface area (Å²) < 4.78 is 15.4. The summed E-state index contributed by atoms with van der Waals surface area (Å²) in [6, 6.07) is 6.64. The van der Waals surface area contributed by atoms with Gasteiger partial charge in [0.05, 0.1) is 14.2 Å². The first kappa shape index (κ1) is 13.7. The second kappa shape index (κ2) is 5.97. The highest BCUT2D eigenvalue weighted by Gasteiger charge is 2.03. The zero-order valence-electron chi connectivity index (χ0n) is 11.1. The van der Waals surface area contributed by atoms with E-state index in [0.717, 1.165) is 11.8 Å². The summed E-state index contributed by atoms with van der Waals surface area (Å²) in [7, 11) is 3.13. The number of hydrogen-bond acceptors (Lipinski definition) is 5. The molecular weight excluding hydrogens is 260 g/mol. The van der Waals surface area contributed by atoms with Crippen LogP contribution in [0.3, 0.4) is 0 Å². The Labute approximate surface area is 115 Å². The van der Waals surface area contributed by atoms with E-state index in [-0.39, 0.29) is 0 Å². The van der Waals surface area contributed by atoms with Crippen LogP contribution in [0.5, 0.6) is 17.2 Å². The molecule has 20 heavy (non-hydrogen) atoms. The van der Waals surface area contributed by atoms with E-state index in [9.17, 15) is 4.79 Å². The third-order valence-corrected chi connectivity index (χ3v) is 2.68. The second-order valence-electron chi connectivity index (χ2n) is 3.98. The van der Waals surface area contributed by atoms with Crippen molar-refractivity contribution in [1.29, 1.82) is 0 Å². The van der Waals surface area contributed by atoms with Crippen LogP contribution in [-0.4, -0.2) is 19.3 Å².